The van der Waals surface area contributed by atoms with Crippen molar-refractivity contribution >= 4 is 17.0 Å². The van der Waals surface area contributed by atoms with Crippen molar-refractivity contribution in [3.63, 3.8) is 0 Å². The highest BCUT2D eigenvalue weighted by atomic mass is 16.6. The molecule has 11 nitrogen and oxygen atoms in total. The fourth-order valence-corrected chi connectivity index (χ4v) is 5.76. The average molecular weight is 536 g/mol. The van der Waals surface area contributed by atoms with Crippen LogP contribution >= 0.6 is 0 Å². The van der Waals surface area contributed by atoms with Gasteiger partial charge in [-0.2, -0.15) is 10.2 Å². The second-order valence-corrected chi connectivity index (χ2v) is 11.2. The molecule has 0 radical (unpaired) electrons. The summed E-state index contributed by atoms with van der Waals surface area (Å²) in [4.78, 5) is 26.8. The lowest BCUT2D eigenvalue weighted by Gasteiger charge is -2.48. The van der Waals surface area contributed by atoms with Gasteiger partial charge in [-0.25, -0.2) is 9.78 Å². The highest BCUT2D eigenvalue weighted by molar-refractivity contribution is 5.84. The summed E-state index contributed by atoms with van der Waals surface area (Å²) in [5, 5.41) is 9.29. The largest absolute Gasteiger partial charge is 0.486 e. The van der Waals surface area contributed by atoms with Crippen molar-refractivity contribution in [2.24, 2.45) is 14.1 Å². The fraction of sp³-hybridized carbons (Fsp3) is 0.571. The number of aryl methyl sites for hydroxylation is 2. The van der Waals surface area contributed by atoms with E-state index in [-0.39, 0.29) is 35.8 Å². The number of nitriles is 1. The van der Waals surface area contributed by atoms with Crippen LogP contribution in [0.2, 0.25) is 0 Å². The molecule has 1 unspecified atom stereocenters. The van der Waals surface area contributed by atoms with E-state index in [0.717, 1.165) is 17.1 Å². The monoisotopic (exact) mass is 535 g/mol. The Hall–Kier alpha value is -3.62. The van der Waals surface area contributed by atoms with E-state index in [0.29, 0.717) is 49.1 Å². The second-order valence-electron chi connectivity index (χ2n) is 11.2. The van der Waals surface area contributed by atoms with E-state index < -0.39 is 0 Å². The van der Waals surface area contributed by atoms with Gasteiger partial charge in [-0.3, -0.25) is 9.47 Å². The third kappa shape index (κ3) is 4.83. The highest BCUT2D eigenvalue weighted by Gasteiger charge is 2.37. The summed E-state index contributed by atoms with van der Waals surface area (Å²) in [5.41, 5.74) is 1.68. The quantitative estimate of drug-likeness (QED) is 0.470. The molecule has 2 aromatic heterocycles. The number of hydrogen-bond acceptors (Lipinski definition) is 9. The minimum Gasteiger partial charge on any atom is -0.486 e. The molecule has 1 aromatic carbocycles. The van der Waals surface area contributed by atoms with Crippen LogP contribution in [0.3, 0.4) is 0 Å². The van der Waals surface area contributed by atoms with Gasteiger partial charge in [-0.1, -0.05) is 6.07 Å². The minimum atomic E-state index is -0.374. The molecule has 0 spiro atoms. The van der Waals surface area contributed by atoms with Crippen molar-refractivity contribution in [2.75, 3.05) is 38.3 Å². The van der Waals surface area contributed by atoms with E-state index in [1.165, 1.54) is 4.57 Å². The number of piperazine rings is 1. The summed E-state index contributed by atoms with van der Waals surface area (Å²) < 4.78 is 21.1. The van der Waals surface area contributed by atoms with Gasteiger partial charge in [0.05, 0.1) is 25.1 Å². The van der Waals surface area contributed by atoms with Crippen LogP contribution in [0.15, 0.2) is 23.0 Å². The predicted octanol–water partition coefficient (Wildman–Crippen LogP) is 2.57. The van der Waals surface area contributed by atoms with Crippen LogP contribution in [0, 0.1) is 11.3 Å². The van der Waals surface area contributed by atoms with E-state index in [2.05, 4.69) is 46.8 Å². The number of rotatable bonds is 6. The Kier molecular flexibility index (Phi) is 7.03. The molecule has 3 atom stereocenters. The van der Waals surface area contributed by atoms with E-state index in [1.807, 2.05) is 27.0 Å². The van der Waals surface area contributed by atoms with Gasteiger partial charge >= 0.3 is 5.69 Å². The number of aromatic nitrogens is 4. The van der Waals surface area contributed by atoms with E-state index >= 15 is 0 Å². The Morgan fingerprint density at radius 2 is 1.97 bits per heavy atom. The lowest BCUT2D eigenvalue weighted by molar-refractivity contribution is 0.0208. The average Bonchev–Trinajstić information content (AvgIpc) is 3.22. The second kappa shape index (κ2) is 10.2. The Morgan fingerprint density at radius 1 is 1.21 bits per heavy atom. The molecule has 2 aliphatic heterocycles. The molecule has 11 heteroatoms. The molecule has 5 rings (SSSR count). The van der Waals surface area contributed by atoms with Crippen LogP contribution in [0.5, 0.6) is 11.5 Å². The topological polar surface area (TPSA) is 111 Å². The molecule has 3 aromatic rings. The zero-order chi connectivity index (χ0) is 28.1. The molecule has 1 saturated heterocycles. The smallest absolute Gasteiger partial charge is 0.350 e. The maximum absolute atomic E-state index is 12.9. The van der Waals surface area contributed by atoms with Gasteiger partial charge in [-0.05, 0) is 45.4 Å². The number of methoxy groups -OCH3 is 1. The minimum absolute atomic E-state index is 0.0611. The van der Waals surface area contributed by atoms with Gasteiger partial charge in [0.25, 0.3) is 0 Å². The van der Waals surface area contributed by atoms with Crippen LogP contribution in [0.25, 0.3) is 11.2 Å². The number of fused-ring (bicyclic) bond motifs is 2. The number of nitrogens with zero attached hydrogens (tertiary/aromatic N) is 7. The first-order chi connectivity index (χ1) is 18.5. The first kappa shape index (κ1) is 27.0. The molecule has 2 aliphatic rings. The zero-order valence-electron chi connectivity index (χ0n) is 23.8. The lowest BCUT2D eigenvalue weighted by Crippen LogP contribution is -2.60. The molecule has 0 bridgehead atoms. The first-order valence-electron chi connectivity index (χ1n) is 13.3. The SMILES string of the molecule is COC[C@H]1CN(C(C)c2ccc3c(c2)OC(C)(C)CO3)[C@H](C)CN1c1nc(=O)n(C)c2c1nc(CC#N)n2C. The third-order valence-corrected chi connectivity index (χ3v) is 7.84. The molecule has 1 fully saturated rings. The maximum atomic E-state index is 12.9. The van der Waals surface area contributed by atoms with Crippen molar-refractivity contribution in [1.82, 2.24) is 24.0 Å². The lowest BCUT2D eigenvalue weighted by atomic mass is 9.99. The van der Waals surface area contributed by atoms with Crippen molar-refractivity contribution in [2.45, 2.75) is 57.8 Å². The first-order valence-corrected chi connectivity index (χ1v) is 13.3. The van der Waals surface area contributed by atoms with E-state index in [4.69, 9.17) is 19.2 Å². The molecule has 0 amide bonds. The van der Waals surface area contributed by atoms with E-state index in [1.54, 1.807) is 18.7 Å². The van der Waals surface area contributed by atoms with Crippen molar-refractivity contribution in [3.8, 4) is 17.6 Å². The van der Waals surface area contributed by atoms with Crippen molar-refractivity contribution < 1.29 is 14.2 Å². The third-order valence-electron chi connectivity index (χ3n) is 7.84. The fourth-order valence-electron chi connectivity index (χ4n) is 5.76. The van der Waals surface area contributed by atoms with Crippen LogP contribution in [-0.2, 0) is 25.3 Å². The van der Waals surface area contributed by atoms with Crippen molar-refractivity contribution in [3.05, 3.63) is 40.1 Å². The molecular weight excluding hydrogens is 498 g/mol. The summed E-state index contributed by atoms with van der Waals surface area (Å²) in [6.45, 7) is 10.7. The zero-order valence-corrected chi connectivity index (χ0v) is 23.8. The van der Waals surface area contributed by atoms with Gasteiger partial charge in [0, 0.05) is 46.4 Å². The van der Waals surface area contributed by atoms with Crippen LogP contribution in [0.4, 0.5) is 5.82 Å². The number of ether oxygens (including phenoxy) is 3. The molecule has 39 heavy (non-hydrogen) atoms. The van der Waals surface area contributed by atoms with Crippen LogP contribution in [0.1, 0.15) is 45.1 Å². The summed E-state index contributed by atoms with van der Waals surface area (Å²) in [5.74, 6) is 2.68. The highest BCUT2D eigenvalue weighted by Crippen LogP contribution is 2.39. The summed E-state index contributed by atoms with van der Waals surface area (Å²) in [6, 6.07) is 8.53. The van der Waals surface area contributed by atoms with Gasteiger partial charge in [0.15, 0.2) is 17.3 Å². The van der Waals surface area contributed by atoms with Gasteiger partial charge in [-0.15, -0.1) is 0 Å². The molecule has 0 aliphatic carbocycles. The van der Waals surface area contributed by atoms with Gasteiger partial charge in [0.1, 0.15) is 29.2 Å². The van der Waals surface area contributed by atoms with Crippen LogP contribution < -0.4 is 20.1 Å². The standard InChI is InChI=1S/C28H37N7O4/c1-17-13-35(25-24-26(33(6)27(36)31-25)32(5)23(30-24)10-11-29)20(15-37-7)14-34(17)18(2)19-8-9-21-22(12-19)39-28(3,4)16-38-21/h8-9,12,17-18,20H,10,13-16H2,1-7H3/t17-,18?,20-/m1/s1. The molecule has 208 valence electrons. The Balaban J connectivity index is 1.48. The molecular formula is C28H37N7O4. The Bertz CT molecular complexity index is 1490. The number of benzene rings is 1. The maximum Gasteiger partial charge on any atom is 0.350 e. The number of imidazole rings is 1. The van der Waals surface area contributed by atoms with Gasteiger partial charge in [0.2, 0.25) is 0 Å². The molecule has 0 N–H and O–H groups in total. The van der Waals surface area contributed by atoms with Gasteiger partial charge < -0.3 is 23.7 Å². The molecule has 4 heterocycles. The Labute approximate surface area is 228 Å². The number of anilines is 1. The summed E-state index contributed by atoms with van der Waals surface area (Å²) in [6.07, 6.45) is 0.148. The molecule has 0 saturated carbocycles. The van der Waals surface area contributed by atoms with Crippen molar-refractivity contribution in [1.29, 1.82) is 5.26 Å². The number of hydrogen-bond donors (Lipinski definition) is 0. The van der Waals surface area contributed by atoms with E-state index in [9.17, 15) is 10.1 Å². The summed E-state index contributed by atoms with van der Waals surface area (Å²) >= 11 is 0. The predicted molar refractivity (Wildman–Crippen MR) is 147 cm³/mol. The van der Waals surface area contributed by atoms with Crippen LogP contribution in [-0.4, -0.2) is 75.1 Å². The Morgan fingerprint density at radius 3 is 2.69 bits per heavy atom. The normalized spacial score (nSPS) is 21.6. The summed E-state index contributed by atoms with van der Waals surface area (Å²) in [7, 11) is 5.20.